The molecule has 10 heteroatoms. The smallest absolute Gasteiger partial charge is 0.254 e. The molecule has 2 aliphatic heterocycles. The number of rotatable bonds is 9. The number of ether oxygens (including phenoxy) is 2. The number of aromatic nitrogens is 2. The highest BCUT2D eigenvalue weighted by Gasteiger charge is 2.42. The number of nitrogens with zero attached hydrogens (tertiary/aromatic N) is 3. The molecule has 1 amide bonds. The number of likely N-dealkylation sites (tertiary alicyclic amines) is 2. The van der Waals surface area contributed by atoms with Gasteiger partial charge in [-0.05, 0) is 86.7 Å². The van der Waals surface area contributed by atoms with E-state index in [4.69, 9.17) is 26.1 Å². The maximum atomic E-state index is 13.8. The van der Waals surface area contributed by atoms with E-state index in [2.05, 4.69) is 33.4 Å². The number of aromatic amines is 1. The fourth-order valence-corrected chi connectivity index (χ4v) is 6.91. The number of methoxy groups -OCH3 is 2. The Kier molecular flexibility index (Phi) is 9.68. The zero-order valence-corrected chi connectivity index (χ0v) is 26.4. The lowest BCUT2D eigenvalue weighted by molar-refractivity contribution is 0.0779. The fourth-order valence-electron chi connectivity index (χ4n) is 6.78. The van der Waals surface area contributed by atoms with Crippen LogP contribution >= 0.6 is 11.6 Å². The van der Waals surface area contributed by atoms with E-state index in [-0.39, 0.29) is 16.8 Å². The first-order valence-corrected chi connectivity index (χ1v) is 15.5. The summed E-state index contributed by atoms with van der Waals surface area (Å²) in [6.45, 7) is 6.36. The minimum absolute atomic E-state index is 0. The van der Waals surface area contributed by atoms with Crippen molar-refractivity contribution < 1.29 is 19.7 Å². The van der Waals surface area contributed by atoms with Crippen LogP contribution in [0, 0.1) is 6.92 Å². The number of benzene rings is 3. The molecule has 2 fully saturated rings. The number of carbonyl (C=O) groups excluding carboxylic acids is 1. The number of aryl methyl sites for hydroxylation is 1. The Morgan fingerprint density at radius 1 is 1.07 bits per heavy atom. The van der Waals surface area contributed by atoms with E-state index in [1.807, 2.05) is 48.2 Å². The summed E-state index contributed by atoms with van der Waals surface area (Å²) in [5, 5.41) is 4.34. The average Bonchev–Trinajstić information content (AvgIpc) is 3.65. The first-order chi connectivity index (χ1) is 20.9. The molecule has 0 bridgehead atoms. The van der Waals surface area contributed by atoms with Gasteiger partial charge in [0.25, 0.3) is 5.91 Å². The second-order valence-electron chi connectivity index (χ2n) is 11.9. The molecule has 44 heavy (non-hydrogen) atoms. The van der Waals surface area contributed by atoms with Crippen LogP contribution in [0.4, 0.5) is 5.95 Å². The largest absolute Gasteiger partial charge is 0.493 e. The minimum atomic E-state index is -0.130. The number of anilines is 1. The summed E-state index contributed by atoms with van der Waals surface area (Å²) in [6.07, 6.45) is 4.02. The van der Waals surface area contributed by atoms with Gasteiger partial charge >= 0.3 is 0 Å². The molecule has 0 saturated carbocycles. The number of nitrogens with one attached hydrogen (secondary N) is 2. The summed E-state index contributed by atoms with van der Waals surface area (Å²) >= 11 is 6.28. The summed E-state index contributed by atoms with van der Waals surface area (Å²) in [7, 11) is 3.22. The van der Waals surface area contributed by atoms with E-state index < -0.39 is 0 Å². The highest BCUT2D eigenvalue weighted by atomic mass is 35.5. The first kappa shape index (κ1) is 31.6. The molecule has 4 N–H and O–H groups in total. The molecule has 4 aromatic rings. The van der Waals surface area contributed by atoms with Crippen LogP contribution in [0.3, 0.4) is 0 Å². The van der Waals surface area contributed by atoms with Crippen LogP contribution in [0.5, 0.6) is 11.5 Å². The number of hydrogen-bond donors (Lipinski definition) is 2. The summed E-state index contributed by atoms with van der Waals surface area (Å²) < 4.78 is 11.0. The Hall–Kier alpha value is -3.79. The molecule has 0 radical (unpaired) electrons. The van der Waals surface area contributed by atoms with Crippen molar-refractivity contribution in [3.8, 4) is 11.5 Å². The lowest BCUT2D eigenvalue weighted by Crippen LogP contribution is -2.42. The Morgan fingerprint density at radius 3 is 2.52 bits per heavy atom. The molecule has 1 unspecified atom stereocenters. The zero-order chi connectivity index (χ0) is 30.0. The number of carbonyl (C=O) groups is 1. The number of fused-ring (bicyclic) bond motifs is 1. The maximum Gasteiger partial charge on any atom is 0.254 e. The third kappa shape index (κ3) is 6.50. The lowest BCUT2D eigenvalue weighted by Gasteiger charge is -2.36. The van der Waals surface area contributed by atoms with Crippen LogP contribution in [-0.2, 0) is 5.41 Å². The van der Waals surface area contributed by atoms with Gasteiger partial charge < -0.3 is 35.1 Å². The van der Waals surface area contributed by atoms with E-state index in [0.29, 0.717) is 36.2 Å². The number of H-pyrrole nitrogens is 1. The molecule has 2 saturated heterocycles. The second-order valence-corrected chi connectivity index (χ2v) is 12.3. The summed E-state index contributed by atoms with van der Waals surface area (Å²) in [5.74, 6) is 2.11. The minimum Gasteiger partial charge on any atom is -0.493 e. The molecule has 0 spiro atoms. The van der Waals surface area contributed by atoms with Crippen molar-refractivity contribution >= 4 is 34.5 Å². The van der Waals surface area contributed by atoms with Gasteiger partial charge in [0.2, 0.25) is 5.95 Å². The van der Waals surface area contributed by atoms with E-state index in [0.717, 1.165) is 72.9 Å². The molecule has 234 valence electrons. The summed E-state index contributed by atoms with van der Waals surface area (Å²) in [6, 6.07) is 20.4. The highest BCUT2D eigenvalue weighted by Crippen LogP contribution is 2.40. The summed E-state index contributed by atoms with van der Waals surface area (Å²) in [5.41, 5.74) is 4.67. The van der Waals surface area contributed by atoms with Gasteiger partial charge in [0, 0.05) is 48.2 Å². The molecular formula is C34H42ClN5O4. The van der Waals surface area contributed by atoms with Crippen LogP contribution in [0.2, 0.25) is 5.02 Å². The van der Waals surface area contributed by atoms with Crippen molar-refractivity contribution in [1.29, 1.82) is 0 Å². The predicted octanol–water partition coefficient (Wildman–Crippen LogP) is 5.47. The van der Waals surface area contributed by atoms with Gasteiger partial charge in [-0.1, -0.05) is 35.9 Å². The van der Waals surface area contributed by atoms with Crippen molar-refractivity contribution in [2.45, 2.75) is 44.1 Å². The van der Waals surface area contributed by atoms with Gasteiger partial charge in [-0.3, -0.25) is 4.79 Å². The Morgan fingerprint density at radius 2 is 1.82 bits per heavy atom. The number of hydrogen-bond acceptors (Lipinski definition) is 6. The molecule has 1 atom stereocenters. The van der Waals surface area contributed by atoms with Gasteiger partial charge in [-0.25, -0.2) is 4.98 Å². The molecule has 0 aliphatic carbocycles. The number of amides is 1. The maximum absolute atomic E-state index is 13.8. The van der Waals surface area contributed by atoms with Gasteiger partial charge in [0.1, 0.15) is 0 Å². The molecule has 9 nitrogen and oxygen atoms in total. The quantitative estimate of drug-likeness (QED) is 0.257. The molecule has 3 heterocycles. The third-order valence-corrected chi connectivity index (χ3v) is 9.49. The number of imidazole rings is 1. The number of halogens is 1. The van der Waals surface area contributed by atoms with Gasteiger partial charge in [0.05, 0.1) is 25.3 Å². The second kappa shape index (κ2) is 13.5. The van der Waals surface area contributed by atoms with Gasteiger partial charge in [0.15, 0.2) is 11.5 Å². The predicted molar refractivity (Wildman–Crippen MR) is 175 cm³/mol. The normalized spacial score (nSPS) is 19.1. The van der Waals surface area contributed by atoms with Crippen molar-refractivity contribution in [2.24, 2.45) is 0 Å². The lowest BCUT2D eigenvalue weighted by atomic mass is 9.76. The Labute approximate surface area is 263 Å². The van der Waals surface area contributed by atoms with Crippen LogP contribution in [0.1, 0.15) is 47.2 Å². The molecular weight excluding hydrogens is 578 g/mol. The van der Waals surface area contributed by atoms with E-state index >= 15 is 0 Å². The number of para-hydroxylation sites is 2. The van der Waals surface area contributed by atoms with Gasteiger partial charge in [-0.2, -0.15) is 0 Å². The van der Waals surface area contributed by atoms with E-state index in [1.54, 1.807) is 20.3 Å². The topological polar surface area (TPSA) is 114 Å². The van der Waals surface area contributed by atoms with Crippen molar-refractivity contribution in [2.75, 3.05) is 52.3 Å². The van der Waals surface area contributed by atoms with E-state index in [1.165, 1.54) is 5.56 Å². The summed E-state index contributed by atoms with van der Waals surface area (Å²) in [4.78, 5) is 26.4. The van der Waals surface area contributed by atoms with Crippen molar-refractivity contribution in [1.82, 2.24) is 19.8 Å². The Balaban J connectivity index is 0.00000384. The van der Waals surface area contributed by atoms with Crippen LogP contribution < -0.4 is 14.8 Å². The average molecular weight is 620 g/mol. The van der Waals surface area contributed by atoms with E-state index in [9.17, 15) is 4.79 Å². The first-order valence-electron chi connectivity index (χ1n) is 15.1. The van der Waals surface area contributed by atoms with Crippen LogP contribution in [0.25, 0.3) is 11.0 Å². The van der Waals surface area contributed by atoms with Crippen molar-refractivity contribution in [3.63, 3.8) is 0 Å². The third-order valence-electron chi connectivity index (χ3n) is 9.23. The van der Waals surface area contributed by atoms with Crippen LogP contribution in [-0.4, -0.2) is 84.1 Å². The fraction of sp³-hybridized carbons (Fsp3) is 0.412. The molecule has 1 aromatic heterocycles. The Bertz CT molecular complexity index is 1550. The van der Waals surface area contributed by atoms with Crippen molar-refractivity contribution in [3.05, 3.63) is 82.4 Å². The number of piperidine rings is 1. The monoisotopic (exact) mass is 619 g/mol. The standard InChI is InChI=1S/C34H40ClN5O3.H2O/c1-23-20-24(21-30(42-2)31(23)43-3)32(41)40-19-15-34(22-40,25-8-10-26(35)11-9-25)14-18-39-16-12-27(13-17-39)36-33-37-28-6-4-5-7-29(28)38-33;/h4-11,20-21,27H,12-19,22H2,1-3H3,(H2,36,37,38);1H2. The van der Waals surface area contributed by atoms with Crippen LogP contribution in [0.15, 0.2) is 60.7 Å². The highest BCUT2D eigenvalue weighted by molar-refractivity contribution is 6.30. The SMILES string of the molecule is COc1cc(C(=O)N2CCC(CCN3CCC(Nc4nc5ccccc5[nH]4)CC3)(c3ccc(Cl)cc3)C2)cc(C)c1OC.O. The zero-order valence-electron chi connectivity index (χ0n) is 25.7. The molecule has 2 aliphatic rings. The van der Waals surface area contributed by atoms with Gasteiger partial charge in [-0.15, -0.1) is 0 Å². The molecule has 3 aromatic carbocycles. The molecule has 6 rings (SSSR count).